The molecule has 2 heterocycles. The monoisotopic (exact) mass is 270 g/mol. The second-order valence-corrected chi connectivity index (χ2v) is 5.37. The highest BCUT2D eigenvalue weighted by atomic mass is 16.1. The van der Waals surface area contributed by atoms with Crippen LogP contribution in [0.5, 0.6) is 0 Å². The van der Waals surface area contributed by atoms with Gasteiger partial charge in [0.1, 0.15) is 5.69 Å². The standard InChI is InChI=1S/C15H18N4O/c1-10-4-3-5-11(2)13(10)6-15(20)14-9-19(18-17-14)12-7-16-8-12/h3-5,9,12,16H,6-8H2,1-2H3. The number of carbonyl (C=O) groups is 1. The van der Waals surface area contributed by atoms with E-state index in [0.717, 1.165) is 29.8 Å². The predicted molar refractivity (Wildman–Crippen MR) is 75.9 cm³/mol. The Balaban J connectivity index is 1.77. The fraction of sp³-hybridized carbons (Fsp3) is 0.400. The minimum absolute atomic E-state index is 0.0286. The first kappa shape index (κ1) is 13.0. The van der Waals surface area contributed by atoms with Gasteiger partial charge in [-0.1, -0.05) is 23.4 Å². The van der Waals surface area contributed by atoms with Gasteiger partial charge in [-0.15, -0.1) is 5.10 Å². The van der Waals surface area contributed by atoms with Crippen LogP contribution < -0.4 is 5.32 Å². The maximum Gasteiger partial charge on any atom is 0.189 e. The van der Waals surface area contributed by atoms with Crippen LogP contribution in [-0.2, 0) is 6.42 Å². The fourth-order valence-electron chi connectivity index (χ4n) is 2.42. The zero-order chi connectivity index (χ0) is 14.1. The molecule has 20 heavy (non-hydrogen) atoms. The van der Waals surface area contributed by atoms with E-state index in [2.05, 4.69) is 15.6 Å². The van der Waals surface area contributed by atoms with Crippen LogP contribution in [0, 0.1) is 13.8 Å². The summed E-state index contributed by atoms with van der Waals surface area (Å²) in [6.45, 7) is 5.86. The third-order valence-electron chi connectivity index (χ3n) is 3.91. The number of benzene rings is 1. The lowest BCUT2D eigenvalue weighted by Crippen LogP contribution is -2.43. The lowest BCUT2D eigenvalue weighted by molar-refractivity contribution is 0.0987. The largest absolute Gasteiger partial charge is 0.312 e. The van der Waals surface area contributed by atoms with E-state index < -0.39 is 0 Å². The van der Waals surface area contributed by atoms with Crippen molar-refractivity contribution in [3.8, 4) is 0 Å². The molecule has 1 N–H and O–H groups in total. The number of hydrogen-bond acceptors (Lipinski definition) is 4. The minimum Gasteiger partial charge on any atom is -0.312 e. The van der Waals surface area contributed by atoms with Crippen molar-refractivity contribution >= 4 is 5.78 Å². The topological polar surface area (TPSA) is 59.8 Å². The molecule has 0 radical (unpaired) electrons. The normalized spacial score (nSPS) is 15.1. The third kappa shape index (κ3) is 2.36. The average Bonchev–Trinajstić information content (AvgIpc) is 2.81. The molecule has 1 saturated heterocycles. The van der Waals surface area contributed by atoms with Crippen LogP contribution in [0.4, 0.5) is 0 Å². The molecule has 1 fully saturated rings. The molecule has 2 aromatic rings. The van der Waals surface area contributed by atoms with Crippen molar-refractivity contribution in [1.29, 1.82) is 0 Å². The second-order valence-electron chi connectivity index (χ2n) is 5.37. The van der Waals surface area contributed by atoms with Crippen molar-refractivity contribution in [2.45, 2.75) is 26.3 Å². The van der Waals surface area contributed by atoms with Crippen molar-refractivity contribution < 1.29 is 4.79 Å². The van der Waals surface area contributed by atoms with E-state index in [9.17, 15) is 4.79 Å². The van der Waals surface area contributed by atoms with Gasteiger partial charge in [-0.2, -0.15) is 0 Å². The first-order chi connectivity index (χ1) is 9.65. The van der Waals surface area contributed by atoms with Gasteiger partial charge in [0.05, 0.1) is 12.2 Å². The van der Waals surface area contributed by atoms with Gasteiger partial charge in [0.25, 0.3) is 0 Å². The Morgan fingerprint density at radius 2 is 2.05 bits per heavy atom. The summed E-state index contributed by atoms with van der Waals surface area (Å²) in [6.07, 6.45) is 2.15. The highest BCUT2D eigenvalue weighted by Crippen LogP contribution is 2.16. The number of aryl methyl sites for hydroxylation is 2. The molecule has 5 heteroatoms. The molecule has 0 saturated carbocycles. The molecule has 104 valence electrons. The van der Waals surface area contributed by atoms with Crippen LogP contribution in [-0.4, -0.2) is 33.9 Å². The van der Waals surface area contributed by atoms with Crippen LogP contribution >= 0.6 is 0 Å². The summed E-state index contributed by atoms with van der Waals surface area (Å²) in [5.41, 5.74) is 3.85. The van der Waals surface area contributed by atoms with Crippen LogP contribution in [0.15, 0.2) is 24.4 Å². The molecule has 1 aliphatic heterocycles. The zero-order valence-electron chi connectivity index (χ0n) is 11.8. The van der Waals surface area contributed by atoms with Crippen molar-refractivity contribution in [3.05, 3.63) is 46.8 Å². The summed E-state index contributed by atoms with van der Waals surface area (Å²) < 4.78 is 1.79. The Morgan fingerprint density at radius 3 is 2.65 bits per heavy atom. The summed E-state index contributed by atoms with van der Waals surface area (Å²) >= 11 is 0. The van der Waals surface area contributed by atoms with Crippen LogP contribution in [0.1, 0.15) is 33.2 Å². The molecule has 3 rings (SSSR count). The van der Waals surface area contributed by atoms with Gasteiger partial charge in [-0.25, -0.2) is 4.68 Å². The summed E-state index contributed by atoms with van der Waals surface area (Å²) in [7, 11) is 0. The van der Waals surface area contributed by atoms with Crippen LogP contribution in [0.2, 0.25) is 0 Å². The first-order valence-corrected chi connectivity index (χ1v) is 6.86. The van der Waals surface area contributed by atoms with E-state index in [-0.39, 0.29) is 5.78 Å². The Labute approximate surface area is 118 Å². The Kier molecular flexibility index (Phi) is 3.36. The molecule has 0 amide bonds. The molecule has 1 aromatic heterocycles. The maximum absolute atomic E-state index is 12.3. The number of nitrogens with zero attached hydrogens (tertiary/aromatic N) is 3. The van der Waals surface area contributed by atoms with Crippen molar-refractivity contribution in [2.75, 3.05) is 13.1 Å². The maximum atomic E-state index is 12.3. The van der Waals surface area contributed by atoms with Gasteiger partial charge in [0.2, 0.25) is 0 Å². The summed E-state index contributed by atoms with van der Waals surface area (Å²) in [5, 5.41) is 11.2. The van der Waals surface area contributed by atoms with Crippen LogP contribution in [0.3, 0.4) is 0 Å². The van der Waals surface area contributed by atoms with Crippen molar-refractivity contribution in [1.82, 2.24) is 20.3 Å². The smallest absolute Gasteiger partial charge is 0.189 e. The summed E-state index contributed by atoms with van der Waals surface area (Å²) in [6, 6.07) is 6.42. The lowest BCUT2D eigenvalue weighted by atomic mass is 9.97. The fourth-order valence-corrected chi connectivity index (χ4v) is 2.42. The SMILES string of the molecule is Cc1cccc(C)c1CC(=O)c1cn(C2CNC2)nn1. The number of Topliss-reactive ketones (excluding diaryl/α,β-unsaturated/α-hetero) is 1. The van der Waals surface area contributed by atoms with Gasteiger partial charge in [-0.05, 0) is 30.5 Å². The number of ketones is 1. The summed E-state index contributed by atoms with van der Waals surface area (Å²) in [5.74, 6) is 0.0286. The van der Waals surface area contributed by atoms with Crippen LogP contribution in [0.25, 0.3) is 0 Å². The predicted octanol–water partition coefficient (Wildman–Crippen LogP) is 1.46. The minimum atomic E-state index is 0.0286. The van der Waals surface area contributed by atoms with E-state index >= 15 is 0 Å². The molecular formula is C15H18N4O. The van der Waals surface area contributed by atoms with E-state index in [1.165, 1.54) is 0 Å². The number of rotatable bonds is 4. The molecule has 0 bridgehead atoms. The lowest BCUT2D eigenvalue weighted by Gasteiger charge is -2.26. The van der Waals surface area contributed by atoms with Gasteiger partial charge in [0.15, 0.2) is 5.78 Å². The van der Waals surface area contributed by atoms with E-state index in [0.29, 0.717) is 18.2 Å². The average molecular weight is 270 g/mol. The molecule has 0 atom stereocenters. The highest BCUT2D eigenvalue weighted by Gasteiger charge is 2.22. The van der Waals surface area contributed by atoms with Gasteiger partial charge in [-0.3, -0.25) is 4.79 Å². The van der Waals surface area contributed by atoms with E-state index in [4.69, 9.17) is 0 Å². The van der Waals surface area contributed by atoms with Gasteiger partial charge in [0, 0.05) is 19.5 Å². The number of carbonyl (C=O) groups excluding carboxylic acids is 1. The summed E-state index contributed by atoms with van der Waals surface area (Å²) in [4.78, 5) is 12.3. The molecule has 1 aromatic carbocycles. The molecular weight excluding hydrogens is 252 g/mol. The molecule has 1 aliphatic rings. The number of hydrogen-bond donors (Lipinski definition) is 1. The number of nitrogens with one attached hydrogen (secondary N) is 1. The molecule has 0 unspecified atom stereocenters. The van der Waals surface area contributed by atoms with Gasteiger partial charge >= 0.3 is 0 Å². The molecule has 0 spiro atoms. The van der Waals surface area contributed by atoms with Crippen molar-refractivity contribution in [3.63, 3.8) is 0 Å². The van der Waals surface area contributed by atoms with E-state index in [1.54, 1.807) is 10.9 Å². The number of aromatic nitrogens is 3. The third-order valence-corrected chi connectivity index (χ3v) is 3.91. The zero-order valence-corrected chi connectivity index (χ0v) is 11.8. The molecule has 0 aliphatic carbocycles. The Bertz CT molecular complexity index is 623. The van der Waals surface area contributed by atoms with Crippen molar-refractivity contribution in [2.24, 2.45) is 0 Å². The first-order valence-electron chi connectivity index (χ1n) is 6.86. The quantitative estimate of drug-likeness (QED) is 0.855. The van der Waals surface area contributed by atoms with E-state index in [1.807, 2.05) is 32.0 Å². The Morgan fingerprint density at radius 1 is 1.35 bits per heavy atom. The second kappa shape index (κ2) is 5.17. The van der Waals surface area contributed by atoms with Gasteiger partial charge < -0.3 is 5.32 Å². The highest BCUT2D eigenvalue weighted by molar-refractivity contribution is 5.95. The Hall–Kier alpha value is -2.01. The molecule has 5 nitrogen and oxygen atoms in total.